The number of piperazine rings is 1. The lowest BCUT2D eigenvalue weighted by Crippen LogP contribution is -2.50. The molecule has 3 N–H and O–H groups in total. The maximum absolute atomic E-state index is 12.4. The first-order valence-corrected chi connectivity index (χ1v) is 10.1. The van der Waals surface area contributed by atoms with Gasteiger partial charge >= 0.3 is 0 Å². The van der Waals surface area contributed by atoms with Crippen LogP contribution in [0.4, 0.5) is 0 Å². The van der Waals surface area contributed by atoms with Crippen LogP contribution in [0.25, 0.3) is 0 Å². The third-order valence-corrected chi connectivity index (χ3v) is 5.14. The van der Waals surface area contributed by atoms with Crippen LogP contribution < -0.4 is 16.0 Å². The molecule has 0 unspecified atom stereocenters. The number of ether oxygens (including phenoxy) is 1. The fraction of sp³-hybridized carbons (Fsp3) is 0.526. The van der Waals surface area contributed by atoms with Crippen LogP contribution in [0.1, 0.15) is 31.2 Å². The summed E-state index contributed by atoms with van der Waals surface area (Å²) in [7, 11) is 0. The monoisotopic (exact) mass is 454 g/mol. The molecule has 1 saturated heterocycles. The molecule has 154 valence electrons. The van der Waals surface area contributed by atoms with Crippen molar-refractivity contribution in [2.75, 3.05) is 32.8 Å². The molecule has 1 heterocycles. The van der Waals surface area contributed by atoms with E-state index in [1.165, 1.54) is 0 Å². The molecule has 28 heavy (non-hydrogen) atoms. The highest BCUT2D eigenvalue weighted by Gasteiger charge is 2.23. The number of halogens is 1. The van der Waals surface area contributed by atoms with E-state index in [1.807, 2.05) is 30.5 Å². The van der Waals surface area contributed by atoms with Gasteiger partial charge in [-0.1, -0.05) is 15.9 Å². The molecule has 0 atom stereocenters. The zero-order valence-electron chi connectivity index (χ0n) is 16.1. The van der Waals surface area contributed by atoms with Gasteiger partial charge in [0.2, 0.25) is 17.7 Å². The third-order valence-electron chi connectivity index (χ3n) is 4.65. The summed E-state index contributed by atoms with van der Waals surface area (Å²) in [6, 6.07) is 5.75. The van der Waals surface area contributed by atoms with Gasteiger partial charge in [-0.25, -0.2) is 5.84 Å². The number of benzene rings is 1. The molecule has 3 amide bonds. The number of hydrazine groups is 1. The summed E-state index contributed by atoms with van der Waals surface area (Å²) < 4.78 is 6.70. The summed E-state index contributed by atoms with van der Waals surface area (Å²) in [5.74, 6) is 5.55. The van der Waals surface area contributed by atoms with Gasteiger partial charge in [-0.15, -0.1) is 0 Å². The molecule has 1 aromatic rings. The lowest BCUT2D eigenvalue weighted by molar-refractivity contribution is -0.140. The molecule has 9 heteroatoms. The fourth-order valence-corrected chi connectivity index (χ4v) is 3.49. The van der Waals surface area contributed by atoms with Crippen LogP contribution in [0.2, 0.25) is 0 Å². The predicted molar refractivity (Wildman–Crippen MR) is 108 cm³/mol. The Balaban J connectivity index is 1.67. The molecular weight excluding hydrogens is 428 g/mol. The summed E-state index contributed by atoms with van der Waals surface area (Å²) in [5, 5.41) is 0. The maximum atomic E-state index is 12.4. The number of carbonyl (C=O) groups is 3. The molecule has 0 aromatic heterocycles. The Kier molecular flexibility index (Phi) is 8.72. The largest absolute Gasteiger partial charge is 0.493 e. The smallest absolute Gasteiger partial charge is 0.233 e. The number of amides is 3. The summed E-state index contributed by atoms with van der Waals surface area (Å²) in [5.41, 5.74) is 3.06. The zero-order valence-corrected chi connectivity index (χ0v) is 17.7. The summed E-state index contributed by atoms with van der Waals surface area (Å²) in [4.78, 5) is 39.1. The van der Waals surface area contributed by atoms with Crippen LogP contribution >= 0.6 is 15.9 Å². The number of nitrogens with two attached hydrogens (primary N) is 1. The molecule has 1 fully saturated rings. The molecule has 2 rings (SSSR count). The Bertz CT molecular complexity index is 705. The molecule has 8 nitrogen and oxygen atoms in total. The van der Waals surface area contributed by atoms with Crippen molar-refractivity contribution in [2.45, 2.75) is 32.6 Å². The van der Waals surface area contributed by atoms with Crippen molar-refractivity contribution < 1.29 is 19.1 Å². The molecule has 1 aromatic carbocycles. The van der Waals surface area contributed by atoms with Gasteiger partial charge in [-0.05, 0) is 37.1 Å². The summed E-state index contributed by atoms with van der Waals surface area (Å²) in [6.45, 7) is 4.35. The highest BCUT2D eigenvalue weighted by atomic mass is 79.9. The van der Waals surface area contributed by atoms with Gasteiger partial charge < -0.3 is 14.5 Å². The lowest BCUT2D eigenvalue weighted by Gasteiger charge is -2.35. The van der Waals surface area contributed by atoms with Crippen molar-refractivity contribution in [3.8, 4) is 5.75 Å². The highest BCUT2D eigenvalue weighted by molar-refractivity contribution is 9.10. The first-order chi connectivity index (χ1) is 13.4. The van der Waals surface area contributed by atoms with Gasteiger partial charge in [0.1, 0.15) is 5.75 Å². The van der Waals surface area contributed by atoms with Crippen LogP contribution in [0.3, 0.4) is 0 Å². The van der Waals surface area contributed by atoms with Crippen LogP contribution in [0, 0.1) is 6.92 Å². The second-order valence-corrected chi connectivity index (χ2v) is 7.61. The molecule has 0 aliphatic carbocycles. The number of hydrogen-bond donors (Lipinski definition) is 2. The van der Waals surface area contributed by atoms with Crippen LogP contribution in [-0.4, -0.2) is 60.3 Å². The van der Waals surface area contributed by atoms with E-state index < -0.39 is 0 Å². The number of nitrogens with one attached hydrogen (secondary N) is 1. The van der Waals surface area contributed by atoms with Gasteiger partial charge in [-0.3, -0.25) is 19.8 Å². The SMILES string of the molecule is Cc1cc(Br)ccc1OCCC(=O)N1CCN(C(=O)CCCC(=O)NN)CC1. The van der Waals surface area contributed by atoms with Crippen molar-refractivity contribution >= 4 is 33.7 Å². The first-order valence-electron chi connectivity index (χ1n) is 9.34. The average Bonchev–Trinajstić information content (AvgIpc) is 2.69. The van der Waals surface area contributed by atoms with Gasteiger partial charge in [0.25, 0.3) is 0 Å². The Morgan fingerprint density at radius 2 is 1.68 bits per heavy atom. The molecule has 1 aliphatic heterocycles. The van der Waals surface area contributed by atoms with E-state index in [-0.39, 0.29) is 24.1 Å². The molecule has 0 saturated carbocycles. The minimum atomic E-state index is -0.274. The number of hydrogen-bond acceptors (Lipinski definition) is 5. The Hall–Kier alpha value is -2.13. The minimum Gasteiger partial charge on any atom is -0.493 e. The van der Waals surface area contributed by atoms with Gasteiger partial charge in [0.05, 0.1) is 13.0 Å². The second-order valence-electron chi connectivity index (χ2n) is 6.69. The van der Waals surface area contributed by atoms with E-state index in [1.54, 1.807) is 9.80 Å². The van der Waals surface area contributed by atoms with Crippen molar-refractivity contribution in [1.29, 1.82) is 0 Å². The van der Waals surface area contributed by atoms with Gasteiger partial charge in [0, 0.05) is 43.5 Å². The quantitative estimate of drug-likeness (QED) is 0.350. The second kappa shape index (κ2) is 11.0. The normalized spacial score (nSPS) is 14.0. The first kappa shape index (κ1) is 22.2. The number of carbonyl (C=O) groups excluding carboxylic acids is 3. The molecular formula is C19H27BrN4O4. The highest BCUT2D eigenvalue weighted by Crippen LogP contribution is 2.22. The maximum Gasteiger partial charge on any atom is 0.233 e. The third kappa shape index (κ3) is 6.79. The standard InChI is InChI=1S/C19H27BrN4O4/c1-14-13-15(20)5-6-16(14)28-12-7-19(27)24-10-8-23(9-11-24)18(26)4-2-3-17(25)22-21/h5-6,13H,2-4,7-12,21H2,1H3,(H,22,25). The molecule has 0 radical (unpaired) electrons. The Morgan fingerprint density at radius 3 is 2.25 bits per heavy atom. The Labute approximate surface area is 173 Å². The topological polar surface area (TPSA) is 105 Å². The van der Waals surface area contributed by atoms with E-state index in [0.29, 0.717) is 52.0 Å². The van der Waals surface area contributed by atoms with Crippen LogP contribution in [0.5, 0.6) is 5.75 Å². The minimum absolute atomic E-state index is 0.00553. The number of aryl methyl sites for hydroxylation is 1. The summed E-state index contributed by atoms with van der Waals surface area (Å²) in [6.07, 6.45) is 1.31. The number of rotatable bonds is 8. The van der Waals surface area contributed by atoms with E-state index in [0.717, 1.165) is 15.8 Å². The van der Waals surface area contributed by atoms with Crippen LogP contribution in [0.15, 0.2) is 22.7 Å². The zero-order chi connectivity index (χ0) is 20.5. The predicted octanol–water partition coefficient (Wildman–Crippen LogP) is 1.36. The molecule has 0 bridgehead atoms. The van der Waals surface area contributed by atoms with Crippen molar-refractivity contribution in [2.24, 2.45) is 5.84 Å². The number of nitrogens with zero attached hydrogens (tertiary/aromatic N) is 2. The molecule has 0 spiro atoms. The summed E-state index contributed by atoms with van der Waals surface area (Å²) >= 11 is 3.41. The lowest BCUT2D eigenvalue weighted by atomic mass is 10.2. The fourth-order valence-electron chi connectivity index (χ4n) is 3.02. The average molecular weight is 455 g/mol. The van der Waals surface area contributed by atoms with E-state index in [9.17, 15) is 14.4 Å². The van der Waals surface area contributed by atoms with Crippen LogP contribution in [-0.2, 0) is 14.4 Å². The van der Waals surface area contributed by atoms with Gasteiger partial charge in [0.15, 0.2) is 0 Å². The van der Waals surface area contributed by atoms with E-state index >= 15 is 0 Å². The van der Waals surface area contributed by atoms with Crippen molar-refractivity contribution in [3.63, 3.8) is 0 Å². The van der Waals surface area contributed by atoms with Crippen molar-refractivity contribution in [3.05, 3.63) is 28.2 Å². The molecule has 1 aliphatic rings. The van der Waals surface area contributed by atoms with Gasteiger partial charge in [-0.2, -0.15) is 0 Å². The van der Waals surface area contributed by atoms with Crippen molar-refractivity contribution in [1.82, 2.24) is 15.2 Å². The van der Waals surface area contributed by atoms with E-state index in [2.05, 4.69) is 15.9 Å². The van der Waals surface area contributed by atoms with E-state index in [4.69, 9.17) is 10.6 Å². The Morgan fingerprint density at radius 1 is 1.07 bits per heavy atom.